The number of nitrogens with one attached hydrogen (secondary N) is 2. The lowest BCUT2D eigenvalue weighted by Crippen LogP contribution is -2.43. The van der Waals surface area contributed by atoms with Crippen LogP contribution in [0.3, 0.4) is 0 Å². The quantitative estimate of drug-likeness (QED) is 0.612. The molecule has 4 rings (SSSR count). The van der Waals surface area contributed by atoms with E-state index in [2.05, 4.69) is 33.7 Å². The smallest absolute Gasteiger partial charge is 0.313 e. The van der Waals surface area contributed by atoms with Crippen molar-refractivity contribution in [3.63, 3.8) is 0 Å². The Morgan fingerprint density at radius 3 is 2.53 bits per heavy atom. The molecule has 0 spiro atoms. The summed E-state index contributed by atoms with van der Waals surface area (Å²) in [5.74, 6) is -0.727. The van der Waals surface area contributed by atoms with Gasteiger partial charge in [-0.05, 0) is 41.8 Å². The number of furan rings is 1. The van der Waals surface area contributed by atoms with Gasteiger partial charge >= 0.3 is 11.8 Å². The first-order valence-electron chi connectivity index (χ1n) is 9.80. The maximum atomic E-state index is 12.4. The maximum absolute atomic E-state index is 12.4. The zero-order valence-electron chi connectivity index (χ0n) is 16.3. The molecule has 0 saturated heterocycles. The van der Waals surface area contributed by atoms with E-state index in [0.717, 1.165) is 25.3 Å². The van der Waals surface area contributed by atoms with Crippen molar-refractivity contribution in [2.45, 2.75) is 19.0 Å². The van der Waals surface area contributed by atoms with Crippen molar-refractivity contribution in [3.8, 4) is 0 Å². The van der Waals surface area contributed by atoms with Crippen LogP contribution in [0.1, 0.15) is 22.9 Å². The molecule has 0 bridgehead atoms. The molecule has 7 heteroatoms. The van der Waals surface area contributed by atoms with Gasteiger partial charge in [0.05, 0.1) is 23.0 Å². The molecule has 0 unspecified atom stereocenters. The number of amides is 2. The highest BCUT2D eigenvalue weighted by atomic mass is 35.5. The SMILES string of the molecule is O=C(NC[C@@H](c1ccco1)N1CCc2ccccc2C1)C(=O)Nc1ccccc1Cl. The molecule has 3 aromatic rings. The lowest BCUT2D eigenvalue weighted by Gasteiger charge is -2.34. The van der Waals surface area contributed by atoms with Gasteiger partial charge in [0.2, 0.25) is 0 Å². The Morgan fingerprint density at radius 2 is 1.77 bits per heavy atom. The molecule has 2 amide bonds. The third-order valence-corrected chi connectivity index (χ3v) is 5.59. The summed E-state index contributed by atoms with van der Waals surface area (Å²) in [4.78, 5) is 26.9. The lowest BCUT2D eigenvalue weighted by atomic mass is 9.98. The van der Waals surface area contributed by atoms with E-state index in [1.807, 2.05) is 18.2 Å². The first kappa shape index (κ1) is 20.2. The first-order valence-corrected chi connectivity index (χ1v) is 10.2. The van der Waals surface area contributed by atoms with Crippen LogP contribution in [-0.4, -0.2) is 29.8 Å². The third-order valence-electron chi connectivity index (χ3n) is 5.26. The molecule has 0 aliphatic carbocycles. The molecule has 6 nitrogen and oxygen atoms in total. The molecule has 30 heavy (non-hydrogen) atoms. The number of benzene rings is 2. The first-order chi connectivity index (χ1) is 14.6. The number of carbonyl (C=O) groups excluding carboxylic acids is 2. The van der Waals surface area contributed by atoms with Gasteiger partial charge in [0, 0.05) is 19.6 Å². The second kappa shape index (κ2) is 9.15. The summed E-state index contributed by atoms with van der Waals surface area (Å²) in [6.45, 7) is 1.84. The van der Waals surface area contributed by atoms with Gasteiger partial charge in [-0.3, -0.25) is 14.5 Å². The van der Waals surface area contributed by atoms with Gasteiger partial charge < -0.3 is 15.1 Å². The number of para-hydroxylation sites is 1. The summed E-state index contributed by atoms with van der Waals surface area (Å²) in [7, 11) is 0. The van der Waals surface area contributed by atoms with Crippen LogP contribution in [0, 0.1) is 0 Å². The second-order valence-corrected chi connectivity index (χ2v) is 7.57. The average Bonchev–Trinajstić information content (AvgIpc) is 3.30. The van der Waals surface area contributed by atoms with Crippen LogP contribution in [0.25, 0.3) is 0 Å². The maximum Gasteiger partial charge on any atom is 0.313 e. The topological polar surface area (TPSA) is 74.6 Å². The number of rotatable bonds is 5. The van der Waals surface area contributed by atoms with E-state index >= 15 is 0 Å². The predicted molar refractivity (Wildman–Crippen MR) is 115 cm³/mol. The summed E-state index contributed by atoms with van der Waals surface area (Å²) in [6.07, 6.45) is 2.54. The Morgan fingerprint density at radius 1 is 1.00 bits per heavy atom. The van der Waals surface area contributed by atoms with E-state index in [0.29, 0.717) is 10.7 Å². The molecule has 1 aromatic heterocycles. The largest absolute Gasteiger partial charge is 0.468 e. The Bertz CT molecular complexity index is 1040. The van der Waals surface area contributed by atoms with E-state index in [1.165, 1.54) is 11.1 Å². The molecule has 2 aromatic carbocycles. The minimum Gasteiger partial charge on any atom is -0.468 e. The number of carbonyl (C=O) groups is 2. The Kier molecular flexibility index (Phi) is 6.16. The zero-order valence-corrected chi connectivity index (χ0v) is 17.1. The van der Waals surface area contributed by atoms with Crippen molar-refractivity contribution in [1.29, 1.82) is 0 Å². The molecular formula is C23H22ClN3O3. The second-order valence-electron chi connectivity index (χ2n) is 7.16. The van der Waals surface area contributed by atoms with Crippen LogP contribution in [0.5, 0.6) is 0 Å². The Balaban J connectivity index is 1.43. The van der Waals surface area contributed by atoms with Crippen LogP contribution in [-0.2, 0) is 22.6 Å². The number of hydrogen-bond donors (Lipinski definition) is 2. The average molecular weight is 424 g/mol. The van der Waals surface area contributed by atoms with Crippen LogP contribution in [0.2, 0.25) is 5.02 Å². The normalized spacial score (nSPS) is 14.6. The van der Waals surface area contributed by atoms with Crippen LogP contribution in [0.4, 0.5) is 5.69 Å². The van der Waals surface area contributed by atoms with Crippen LogP contribution in [0.15, 0.2) is 71.3 Å². The summed E-state index contributed by atoms with van der Waals surface area (Å²) in [6, 6.07) is 18.7. The van der Waals surface area contributed by atoms with Crippen molar-refractivity contribution in [2.24, 2.45) is 0 Å². The fourth-order valence-corrected chi connectivity index (χ4v) is 3.87. The van der Waals surface area contributed by atoms with Crippen molar-refractivity contribution < 1.29 is 14.0 Å². The summed E-state index contributed by atoms with van der Waals surface area (Å²) < 4.78 is 5.63. The van der Waals surface area contributed by atoms with Gasteiger partial charge in [0.1, 0.15) is 5.76 Å². The van der Waals surface area contributed by atoms with Crippen molar-refractivity contribution in [1.82, 2.24) is 10.2 Å². The Labute approximate surface area is 179 Å². The molecule has 0 radical (unpaired) electrons. The third kappa shape index (κ3) is 4.56. The number of hydrogen-bond acceptors (Lipinski definition) is 4. The minimum absolute atomic E-state index is 0.176. The summed E-state index contributed by atoms with van der Waals surface area (Å²) >= 11 is 6.05. The fraction of sp³-hybridized carbons (Fsp3) is 0.217. The number of halogens is 1. The number of fused-ring (bicyclic) bond motifs is 1. The van der Waals surface area contributed by atoms with E-state index in [1.54, 1.807) is 30.5 Å². The molecule has 1 aliphatic heterocycles. The van der Waals surface area contributed by atoms with E-state index in [-0.39, 0.29) is 12.6 Å². The van der Waals surface area contributed by atoms with Gasteiger partial charge in [0.15, 0.2) is 0 Å². The molecule has 154 valence electrons. The molecule has 2 N–H and O–H groups in total. The highest BCUT2D eigenvalue weighted by Gasteiger charge is 2.28. The standard InChI is InChI=1S/C23H22ClN3O3/c24-18-8-3-4-9-19(18)26-23(29)22(28)25-14-20(21-10-5-13-30-21)27-12-11-16-6-1-2-7-17(16)15-27/h1-10,13,20H,11-12,14-15H2,(H,25,28)(H,26,29)/t20-/m0/s1. The molecular weight excluding hydrogens is 402 g/mol. The van der Waals surface area contributed by atoms with E-state index in [9.17, 15) is 9.59 Å². The zero-order chi connectivity index (χ0) is 20.9. The minimum atomic E-state index is -0.759. The molecule has 1 aliphatic rings. The van der Waals surface area contributed by atoms with Gasteiger partial charge in [-0.15, -0.1) is 0 Å². The number of anilines is 1. The van der Waals surface area contributed by atoms with Gasteiger partial charge in [-0.1, -0.05) is 48.0 Å². The van der Waals surface area contributed by atoms with Crippen LogP contribution < -0.4 is 10.6 Å². The lowest BCUT2D eigenvalue weighted by molar-refractivity contribution is -0.136. The molecule has 1 atom stereocenters. The van der Waals surface area contributed by atoms with Gasteiger partial charge in [-0.2, -0.15) is 0 Å². The molecule has 0 saturated carbocycles. The highest BCUT2D eigenvalue weighted by molar-refractivity contribution is 6.41. The number of nitrogens with zero attached hydrogens (tertiary/aromatic N) is 1. The fourth-order valence-electron chi connectivity index (χ4n) is 3.69. The summed E-state index contributed by atoms with van der Waals surface area (Å²) in [5, 5.41) is 5.65. The van der Waals surface area contributed by atoms with Gasteiger partial charge in [0.25, 0.3) is 0 Å². The Hall–Kier alpha value is -3.09. The van der Waals surface area contributed by atoms with Crippen LogP contribution >= 0.6 is 11.6 Å². The van der Waals surface area contributed by atoms with E-state index < -0.39 is 11.8 Å². The predicted octanol–water partition coefficient (Wildman–Crippen LogP) is 3.79. The van der Waals surface area contributed by atoms with Gasteiger partial charge in [-0.25, -0.2) is 0 Å². The van der Waals surface area contributed by atoms with Crippen molar-refractivity contribution >= 4 is 29.1 Å². The molecule has 0 fully saturated rings. The molecule has 2 heterocycles. The summed E-state index contributed by atoms with van der Waals surface area (Å²) in [5.41, 5.74) is 3.01. The van der Waals surface area contributed by atoms with Crippen molar-refractivity contribution in [3.05, 3.63) is 88.8 Å². The monoisotopic (exact) mass is 423 g/mol. The van der Waals surface area contributed by atoms with Crippen molar-refractivity contribution in [2.75, 3.05) is 18.4 Å². The highest BCUT2D eigenvalue weighted by Crippen LogP contribution is 2.28. The van der Waals surface area contributed by atoms with E-state index in [4.69, 9.17) is 16.0 Å².